The molecule has 3 aliphatic carbocycles. The van der Waals surface area contributed by atoms with Gasteiger partial charge in [-0.25, -0.2) is 4.79 Å². The summed E-state index contributed by atoms with van der Waals surface area (Å²) in [7, 11) is 1.66. The highest BCUT2D eigenvalue weighted by Crippen LogP contribution is 2.64. The van der Waals surface area contributed by atoms with Crippen molar-refractivity contribution in [3.63, 3.8) is 0 Å². The molecule has 1 N–H and O–H groups in total. The summed E-state index contributed by atoms with van der Waals surface area (Å²) in [5.74, 6) is 0.907. The van der Waals surface area contributed by atoms with Crippen LogP contribution < -0.4 is 4.74 Å². The zero-order valence-electron chi connectivity index (χ0n) is 18.2. The highest BCUT2D eigenvalue weighted by atomic mass is 16.5. The predicted octanol–water partition coefficient (Wildman–Crippen LogP) is 3.25. The van der Waals surface area contributed by atoms with Gasteiger partial charge < -0.3 is 14.7 Å². The summed E-state index contributed by atoms with van der Waals surface area (Å²) in [5.41, 5.74) is 0.176. The molecule has 0 radical (unpaired) electrons. The number of rotatable bonds is 3. The Labute approximate surface area is 178 Å². The van der Waals surface area contributed by atoms with E-state index in [1.807, 2.05) is 19.9 Å². The van der Waals surface area contributed by atoms with Crippen molar-refractivity contribution < 1.29 is 19.4 Å². The monoisotopic (exact) mass is 412 g/mol. The number of amides is 3. The van der Waals surface area contributed by atoms with Gasteiger partial charge in [0.2, 0.25) is 0 Å². The molecule has 4 aliphatic rings. The van der Waals surface area contributed by atoms with Crippen LogP contribution in [0.5, 0.6) is 5.75 Å². The molecule has 1 spiro atoms. The summed E-state index contributed by atoms with van der Waals surface area (Å²) in [5, 5.41) is 12.2. The van der Waals surface area contributed by atoms with Crippen molar-refractivity contribution in [3.05, 3.63) is 29.3 Å². The lowest BCUT2D eigenvalue weighted by Gasteiger charge is -2.64. The molecule has 6 heteroatoms. The maximum atomic E-state index is 13.6. The summed E-state index contributed by atoms with van der Waals surface area (Å²) < 4.78 is 5.54. The van der Waals surface area contributed by atoms with E-state index < -0.39 is 16.6 Å². The summed E-state index contributed by atoms with van der Waals surface area (Å²) in [4.78, 5) is 29.9. The van der Waals surface area contributed by atoms with Crippen molar-refractivity contribution >= 4 is 11.9 Å². The maximum Gasteiger partial charge on any atom is 0.327 e. The van der Waals surface area contributed by atoms with Crippen molar-refractivity contribution in [3.8, 4) is 5.75 Å². The van der Waals surface area contributed by atoms with Crippen LogP contribution in [0.25, 0.3) is 0 Å². The van der Waals surface area contributed by atoms with Crippen LogP contribution in [0.2, 0.25) is 0 Å². The van der Waals surface area contributed by atoms with E-state index in [-0.39, 0.29) is 17.9 Å². The van der Waals surface area contributed by atoms with Crippen LogP contribution in [0, 0.1) is 5.92 Å². The van der Waals surface area contributed by atoms with Gasteiger partial charge in [0.25, 0.3) is 5.91 Å². The van der Waals surface area contributed by atoms with Crippen LogP contribution >= 0.6 is 0 Å². The number of methoxy groups -OCH3 is 1. The molecule has 5 rings (SSSR count). The number of aliphatic hydroxyl groups is 1. The van der Waals surface area contributed by atoms with Gasteiger partial charge in [-0.15, -0.1) is 0 Å². The lowest BCUT2D eigenvalue weighted by molar-refractivity contribution is -0.175. The molecule has 1 aromatic carbocycles. The standard InChI is InChI=1S/C24H32N2O4/c1-4-25-20(27)23(26(5-2)21(25)28)11-12-24(29)17-7-6-10-22(24,15-23)19-14-18(30-3)9-8-16(19)13-17/h8-9,14,17,29H,4-7,10-13,15H2,1-3H3/t17-,22?,23+,24-/m1/s1. The molecule has 6 nitrogen and oxygen atoms in total. The second-order valence-corrected chi connectivity index (χ2v) is 9.61. The van der Waals surface area contributed by atoms with Gasteiger partial charge in [0.05, 0.1) is 12.7 Å². The third-order valence-electron chi connectivity index (χ3n) is 8.73. The van der Waals surface area contributed by atoms with Crippen LogP contribution in [0.4, 0.5) is 4.79 Å². The number of nitrogens with zero attached hydrogens (tertiary/aromatic N) is 2. The fourth-order valence-electron chi connectivity index (χ4n) is 7.38. The first kappa shape index (κ1) is 19.9. The Morgan fingerprint density at radius 2 is 1.97 bits per heavy atom. The Balaban J connectivity index is 1.70. The average molecular weight is 413 g/mol. The Morgan fingerprint density at radius 1 is 1.17 bits per heavy atom. The number of ether oxygens (including phenoxy) is 1. The van der Waals surface area contributed by atoms with E-state index in [9.17, 15) is 14.7 Å². The molecule has 0 aromatic heterocycles. The van der Waals surface area contributed by atoms with Crippen LogP contribution in [0.1, 0.15) is 63.5 Å². The Hall–Kier alpha value is -2.08. The second kappa shape index (κ2) is 6.46. The van der Waals surface area contributed by atoms with E-state index in [4.69, 9.17) is 4.74 Å². The van der Waals surface area contributed by atoms with E-state index in [0.29, 0.717) is 32.4 Å². The SMILES string of the molecule is CCN1C(=O)N(CC)[C@]2(CC[C@@]3(O)[C@@H]4CCCC3(C2)c2cc(OC)ccc2C4)C1=O. The van der Waals surface area contributed by atoms with E-state index in [1.165, 1.54) is 10.5 Å². The minimum absolute atomic E-state index is 0.0783. The minimum Gasteiger partial charge on any atom is -0.497 e. The molecule has 3 fully saturated rings. The first-order valence-electron chi connectivity index (χ1n) is 11.4. The Bertz CT molecular complexity index is 916. The predicted molar refractivity (Wildman–Crippen MR) is 112 cm³/mol. The lowest BCUT2D eigenvalue weighted by Crippen LogP contribution is -2.70. The third kappa shape index (κ3) is 2.18. The molecule has 3 amide bonds. The van der Waals surface area contributed by atoms with Crippen LogP contribution in [0.15, 0.2) is 18.2 Å². The minimum atomic E-state index is -0.854. The van der Waals surface area contributed by atoms with Gasteiger partial charge in [0.1, 0.15) is 11.3 Å². The number of benzene rings is 1. The van der Waals surface area contributed by atoms with Crippen molar-refractivity contribution in [1.82, 2.24) is 9.80 Å². The molecule has 1 aliphatic heterocycles. The number of hydrogen-bond donors (Lipinski definition) is 1. The average Bonchev–Trinajstić information content (AvgIpc) is 2.93. The zero-order valence-corrected chi connectivity index (χ0v) is 18.2. The van der Waals surface area contributed by atoms with Gasteiger partial charge in [-0.1, -0.05) is 12.5 Å². The largest absolute Gasteiger partial charge is 0.497 e. The van der Waals surface area contributed by atoms with E-state index >= 15 is 0 Å². The molecule has 1 saturated heterocycles. The molecule has 30 heavy (non-hydrogen) atoms. The van der Waals surface area contributed by atoms with Gasteiger partial charge in [-0.3, -0.25) is 9.69 Å². The van der Waals surface area contributed by atoms with Crippen molar-refractivity contribution in [2.45, 2.75) is 75.3 Å². The highest BCUT2D eigenvalue weighted by Gasteiger charge is 2.70. The van der Waals surface area contributed by atoms with Crippen molar-refractivity contribution in [2.75, 3.05) is 20.2 Å². The molecule has 1 aromatic rings. The zero-order chi connectivity index (χ0) is 21.3. The number of hydrogen-bond acceptors (Lipinski definition) is 4. The fraction of sp³-hybridized carbons (Fsp3) is 0.667. The molecule has 162 valence electrons. The Morgan fingerprint density at radius 3 is 2.67 bits per heavy atom. The van der Waals surface area contributed by atoms with E-state index in [2.05, 4.69) is 12.1 Å². The van der Waals surface area contributed by atoms with Gasteiger partial charge in [0.15, 0.2) is 0 Å². The van der Waals surface area contributed by atoms with Crippen LogP contribution in [0.3, 0.4) is 0 Å². The quantitative estimate of drug-likeness (QED) is 0.774. The van der Waals surface area contributed by atoms with Crippen molar-refractivity contribution in [2.24, 2.45) is 5.92 Å². The number of carbonyl (C=O) groups is 2. The summed E-state index contributed by atoms with van der Waals surface area (Å²) in [6, 6.07) is 6.03. The van der Waals surface area contributed by atoms with Crippen molar-refractivity contribution in [1.29, 1.82) is 0 Å². The first-order chi connectivity index (χ1) is 14.4. The lowest BCUT2D eigenvalue weighted by atomic mass is 9.43. The molecular weight excluding hydrogens is 380 g/mol. The number of likely N-dealkylation sites (N-methyl/N-ethyl adjacent to an activating group) is 2. The maximum absolute atomic E-state index is 13.6. The molecule has 2 saturated carbocycles. The molecule has 1 unspecified atom stereocenters. The smallest absolute Gasteiger partial charge is 0.327 e. The van der Waals surface area contributed by atoms with Crippen LogP contribution in [-0.4, -0.2) is 58.2 Å². The second-order valence-electron chi connectivity index (χ2n) is 9.61. The highest BCUT2D eigenvalue weighted by molar-refractivity contribution is 6.07. The van der Waals surface area contributed by atoms with E-state index in [1.54, 1.807) is 12.0 Å². The summed E-state index contributed by atoms with van der Waals surface area (Å²) >= 11 is 0. The van der Waals surface area contributed by atoms with Gasteiger partial charge >= 0.3 is 6.03 Å². The molecule has 4 atom stereocenters. The van der Waals surface area contributed by atoms with Gasteiger partial charge in [-0.05, 0) is 81.5 Å². The Kier molecular flexibility index (Phi) is 4.27. The van der Waals surface area contributed by atoms with Gasteiger partial charge in [-0.2, -0.15) is 0 Å². The van der Waals surface area contributed by atoms with E-state index in [0.717, 1.165) is 37.0 Å². The molecular formula is C24H32N2O4. The topological polar surface area (TPSA) is 70.1 Å². The van der Waals surface area contributed by atoms with Gasteiger partial charge in [0, 0.05) is 18.5 Å². The summed E-state index contributed by atoms with van der Waals surface area (Å²) in [6.07, 6.45) is 5.36. The number of imide groups is 1. The first-order valence-corrected chi connectivity index (χ1v) is 11.4. The molecule has 1 heterocycles. The fourth-order valence-corrected chi connectivity index (χ4v) is 7.38. The van der Waals surface area contributed by atoms with Crippen LogP contribution in [-0.2, 0) is 16.6 Å². The third-order valence-corrected chi connectivity index (χ3v) is 8.73. The number of carbonyl (C=O) groups excluding carboxylic acids is 2. The number of fused-ring (bicyclic) bond motifs is 1. The normalized spacial score (nSPS) is 37.4. The molecule has 2 bridgehead atoms. The summed E-state index contributed by atoms with van der Waals surface area (Å²) in [6.45, 7) is 4.70. The number of urea groups is 1.